The minimum Gasteiger partial charge on any atom is -0.353 e. The number of rotatable bonds is 6. The van der Waals surface area contributed by atoms with Gasteiger partial charge in [0.15, 0.2) is 5.65 Å². The van der Waals surface area contributed by atoms with Gasteiger partial charge in [0.05, 0.1) is 29.7 Å². The van der Waals surface area contributed by atoms with Gasteiger partial charge in [-0.15, -0.1) is 0 Å². The Morgan fingerprint density at radius 3 is 2.48 bits per heavy atom. The number of pyridine rings is 4. The van der Waals surface area contributed by atoms with Crippen molar-refractivity contribution >= 4 is 33.5 Å². The van der Waals surface area contributed by atoms with Gasteiger partial charge < -0.3 is 10.3 Å². The van der Waals surface area contributed by atoms with E-state index in [0.29, 0.717) is 17.8 Å². The van der Waals surface area contributed by atoms with Crippen LogP contribution >= 0.6 is 0 Å². The van der Waals surface area contributed by atoms with Crippen molar-refractivity contribution in [2.75, 3.05) is 5.32 Å². The molecule has 192 valence electrons. The maximum atomic E-state index is 12.6. The Morgan fingerprint density at radius 2 is 1.60 bits per heavy atom. The fourth-order valence-corrected chi connectivity index (χ4v) is 4.84. The van der Waals surface area contributed by atoms with Gasteiger partial charge in [0, 0.05) is 64.0 Å². The summed E-state index contributed by atoms with van der Waals surface area (Å²) >= 11 is 0. The maximum absolute atomic E-state index is 12.6. The molecule has 7 aromatic rings. The Kier molecular flexibility index (Phi) is 5.78. The molecule has 0 saturated heterocycles. The van der Waals surface area contributed by atoms with Crippen LogP contribution in [0.2, 0.25) is 0 Å². The molecule has 0 radical (unpaired) electrons. The third-order valence-electron chi connectivity index (χ3n) is 6.74. The predicted molar refractivity (Wildman–Crippen MR) is 154 cm³/mol. The summed E-state index contributed by atoms with van der Waals surface area (Å²) in [7, 11) is 0. The number of hydrogen-bond acceptors (Lipinski definition) is 6. The van der Waals surface area contributed by atoms with Gasteiger partial charge in [-0.25, -0.2) is 4.98 Å². The molecule has 0 bridgehead atoms. The molecular weight excluding hydrogens is 500 g/mol. The first-order chi connectivity index (χ1) is 19.7. The summed E-state index contributed by atoms with van der Waals surface area (Å²) in [4.78, 5) is 33.8. The molecule has 6 heterocycles. The number of fused-ring (bicyclic) bond motifs is 2. The van der Waals surface area contributed by atoms with Crippen molar-refractivity contribution in [3.63, 3.8) is 0 Å². The smallest absolute Gasteiger partial charge is 0.228 e. The van der Waals surface area contributed by atoms with E-state index >= 15 is 0 Å². The van der Waals surface area contributed by atoms with Gasteiger partial charge in [0.25, 0.3) is 0 Å². The maximum Gasteiger partial charge on any atom is 0.228 e. The number of carbonyl (C=O) groups excluding carboxylic acids is 1. The van der Waals surface area contributed by atoms with Gasteiger partial charge in [0.2, 0.25) is 5.91 Å². The van der Waals surface area contributed by atoms with Crippen LogP contribution in [0.1, 0.15) is 5.56 Å². The standard InChI is InChI=1S/C31H22N8O/c40-28(12-19-4-2-1-3-5-19)36-23-13-21(16-33-18-23)22-14-25-30(38-39-31(25)35-17-22)27-15-24-26(37-27)8-11-34-29(24)20-6-9-32-10-7-20/h1-11,13-18,37H,12H2,(H,36,40)(H,35,38,39). The number of nitrogens with zero attached hydrogens (tertiary/aromatic N) is 5. The van der Waals surface area contributed by atoms with E-state index < -0.39 is 0 Å². The second-order valence-electron chi connectivity index (χ2n) is 9.40. The molecule has 6 aromatic heterocycles. The van der Waals surface area contributed by atoms with Crippen molar-refractivity contribution < 1.29 is 4.79 Å². The van der Waals surface area contributed by atoms with E-state index in [1.807, 2.05) is 60.7 Å². The number of nitrogens with one attached hydrogen (secondary N) is 3. The fourth-order valence-electron chi connectivity index (χ4n) is 4.84. The largest absolute Gasteiger partial charge is 0.353 e. The molecule has 9 nitrogen and oxygen atoms in total. The molecule has 3 N–H and O–H groups in total. The van der Waals surface area contributed by atoms with E-state index in [1.165, 1.54) is 0 Å². The molecule has 0 aliphatic heterocycles. The molecule has 7 rings (SSSR count). The number of aromatic nitrogens is 7. The van der Waals surface area contributed by atoms with Crippen LogP contribution in [0.5, 0.6) is 0 Å². The Morgan fingerprint density at radius 1 is 0.750 bits per heavy atom. The Balaban J connectivity index is 1.21. The highest BCUT2D eigenvalue weighted by Gasteiger charge is 2.16. The molecule has 1 aromatic carbocycles. The highest BCUT2D eigenvalue weighted by molar-refractivity contribution is 6.00. The number of aromatic amines is 2. The van der Waals surface area contributed by atoms with Crippen molar-refractivity contribution in [1.29, 1.82) is 0 Å². The van der Waals surface area contributed by atoms with Crippen molar-refractivity contribution in [3.8, 4) is 33.8 Å². The Hall–Kier alpha value is -5.70. The van der Waals surface area contributed by atoms with Gasteiger partial charge in [-0.3, -0.25) is 24.8 Å². The minimum absolute atomic E-state index is 0.102. The SMILES string of the molecule is O=C(Cc1ccccc1)Nc1cncc(-c2cnc3[nH]nc(-c4cc5c(-c6ccncc6)nccc5[nH]4)c3c2)c1. The van der Waals surface area contributed by atoms with Gasteiger partial charge in [-0.2, -0.15) is 5.10 Å². The second kappa shape index (κ2) is 9.88. The summed E-state index contributed by atoms with van der Waals surface area (Å²) in [6.45, 7) is 0. The molecule has 0 saturated carbocycles. The lowest BCUT2D eigenvalue weighted by molar-refractivity contribution is -0.115. The zero-order chi connectivity index (χ0) is 26.9. The van der Waals surface area contributed by atoms with Gasteiger partial charge in [-0.05, 0) is 42.0 Å². The van der Waals surface area contributed by atoms with Crippen LogP contribution in [0.4, 0.5) is 5.69 Å². The average molecular weight is 523 g/mol. The Labute approximate surface area is 228 Å². The van der Waals surface area contributed by atoms with Crippen LogP contribution in [-0.2, 0) is 11.2 Å². The van der Waals surface area contributed by atoms with Crippen LogP contribution < -0.4 is 5.32 Å². The summed E-state index contributed by atoms with van der Waals surface area (Å²) in [5.41, 5.74) is 8.36. The molecule has 0 spiro atoms. The van der Waals surface area contributed by atoms with Crippen LogP contribution in [-0.4, -0.2) is 41.0 Å². The van der Waals surface area contributed by atoms with Crippen molar-refractivity contribution in [1.82, 2.24) is 35.1 Å². The topological polar surface area (TPSA) is 125 Å². The molecular formula is C31H22N8O. The highest BCUT2D eigenvalue weighted by atomic mass is 16.1. The molecule has 0 unspecified atom stereocenters. The fraction of sp³-hybridized carbons (Fsp3) is 0.0323. The number of hydrogen-bond donors (Lipinski definition) is 3. The quantitative estimate of drug-likeness (QED) is 0.253. The summed E-state index contributed by atoms with van der Waals surface area (Å²) in [5.74, 6) is -0.102. The number of H-pyrrole nitrogens is 2. The van der Waals surface area contributed by atoms with E-state index in [1.54, 1.807) is 37.2 Å². The van der Waals surface area contributed by atoms with Gasteiger partial charge in [-0.1, -0.05) is 30.3 Å². The first-order valence-corrected chi connectivity index (χ1v) is 12.7. The first kappa shape index (κ1) is 23.4. The van der Waals surface area contributed by atoms with Crippen molar-refractivity contribution in [2.45, 2.75) is 6.42 Å². The summed E-state index contributed by atoms with van der Waals surface area (Å²) in [6, 6.07) is 21.5. The number of amides is 1. The van der Waals surface area contributed by atoms with E-state index in [-0.39, 0.29) is 5.91 Å². The number of anilines is 1. The lowest BCUT2D eigenvalue weighted by Gasteiger charge is -2.07. The third kappa shape index (κ3) is 4.45. The first-order valence-electron chi connectivity index (χ1n) is 12.7. The summed E-state index contributed by atoms with van der Waals surface area (Å²) in [6.07, 6.45) is 10.8. The molecule has 0 aliphatic carbocycles. The van der Waals surface area contributed by atoms with Crippen molar-refractivity contribution in [3.05, 3.63) is 109 Å². The molecule has 1 amide bonds. The van der Waals surface area contributed by atoms with Crippen LogP contribution in [0, 0.1) is 0 Å². The monoisotopic (exact) mass is 522 g/mol. The van der Waals surface area contributed by atoms with E-state index in [0.717, 1.165) is 55.6 Å². The molecule has 9 heteroatoms. The Bertz CT molecular complexity index is 1980. The highest BCUT2D eigenvalue weighted by Crippen LogP contribution is 2.33. The lowest BCUT2D eigenvalue weighted by atomic mass is 10.1. The summed E-state index contributed by atoms with van der Waals surface area (Å²) in [5, 5.41) is 12.4. The van der Waals surface area contributed by atoms with Gasteiger partial charge in [0.1, 0.15) is 5.69 Å². The molecule has 0 atom stereocenters. The van der Waals surface area contributed by atoms with Crippen molar-refractivity contribution in [2.24, 2.45) is 0 Å². The van der Waals surface area contributed by atoms with Crippen LogP contribution in [0.15, 0.2) is 104 Å². The average Bonchev–Trinajstić information content (AvgIpc) is 3.62. The second-order valence-corrected chi connectivity index (χ2v) is 9.40. The molecule has 40 heavy (non-hydrogen) atoms. The third-order valence-corrected chi connectivity index (χ3v) is 6.74. The molecule has 0 aliphatic rings. The predicted octanol–water partition coefficient (Wildman–Crippen LogP) is 5.81. The van der Waals surface area contributed by atoms with Crippen LogP contribution in [0.3, 0.4) is 0 Å². The zero-order valence-corrected chi connectivity index (χ0v) is 21.2. The lowest BCUT2D eigenvalue weighted by Crippen LogP contribution is -2.14. The number of carbonyl (C=O) groups is 1. The van der Waals surface area contributed by atoms with Crippen LogP contribution in [0.25, 0.3) is 55.7 Å². The number of benzene rings is 1. The summed E-state index contributed by atoms with van der Waals surface area (Å²) < 4.78 is 0. The van der Waals surface area contributed by atoms with E-state index in [4.69, 9.17) is 0 Å². The molecule has 0 fully saturated rings. The van der Waals surface area contributed by atoms with E-state index in [9.17, 15) is 4.79 Å². The zero-order valence-electron chi connectivity index (χ0n) is 21.2. The normalized spacial score (nSPS) is 11.2. The minimum atomic E-state index is -0.102. The van der Waals surface area contributed by atoms with Gasteiger partial charge >= 0.3 is 0 Å². The van der Waals surface area contributed by atoms with E-state index in [2.05, 4.69) is 46.5 Å².